The zero-order chi connectivity index (χ0) is 13.9. The van der Waals surface area contributed by atoms with Crippen molar-refractivity contribution in [2.45, 2.75) is 32.6 Å². The second-order valence-electron chi connectivity index (χ2n) is 5.29. The van der Waals surface area contributed by atoms with E-state index in [1.807, 2.05) is 30.3 Å². The molecule has 0 saturated carbocycles. The first-order valence-corrected chi connectivity index (χ1v) is 6.93. The van der Waals surface area contributed by atoms with Crippen LogP contribution in [0.25, 0.3) is 5.69 Å². The first-order valence-electron chi connectivity index (χ1n) is 6.93. The minimum atomic E-state index is 0.250. The van der Waals surface area contributed by atoms with Gasteiger partial charge < -0.3 is 4.74 Å². The Hall–Kier alpha value is -1.79. The minimum absolute atomic E-state index is 0.250. The summed E-state index contributed by atoms with van der Waals surface area (Å²) in [5.74, 6) is 0.859. The molecular formula is C14H19N5O. The van der Waals surface area contributed by atoms with Crippen LogP contribution in [-0.4, -0.2) is 50.4 Å². The highest BCUT2D eigenvalue weighted by Gasteiger charge is 2.23. The first kappa shape index (κ1) is 13.2. The Bertz CT molecular complexity index is 546. The van der Waals surface area contributed by atoms with Crippen LogP contribution in [0, 0.1) is 0 Å². The van der Waals surface area contributed by atoms with Crippen molar-refractivity contribution < 1.29 is 4.74 Å². The summed E-state index contributed by atoms with van der Waals surface area (Å²) in [6.07, 6.45) is 0.500. The molecule has 1 aliphatic heterocycles. The maximum Gasteiger partial charge on any atom is 0.170 e. The molecule has 1 fully saturated rings. The molecule has 2 aromatic rings. The van der Waals surface area contributed by atoms with Gasteiger partial charge in [-0.15, -0.1) is 5.10 Å². The highest BCUT2D eigenvalue weighted by molar-refractivity contribution is 5.30. The van der Waals surface area contributed by atoms with Crippen LogP contribution in [-0.2, 0) is 11.3 Å². The van der Waals surface area contributed by atoms with Crippen molar-refractivity contribution in [3.8, 4) is 5.69 Å². The minimum Gasteiger partial charge on any atom is -0.373 e. The quantitative estimate of drug-likeness (QED) is 0.843. The van der Waals surface area contributed by atoms with Crippen LogP contribution in [0.2, 0.25) is 0 Å². The number of rotatable bonds is 3. The number of ether oxygens (including phenoxy) is 1. The standard InChI is InChI=1S/C14H19N5O/c1-11-8-18(9-12(2)20-11)10-14-15-16-17-19(14)13-6-4-3-5-7-13/h3-7,11-12H,8-10H2,1-2H3/t11-,12-/m0/s1. The van der Waals surface area contributed by atoms with Gasteiger partial charge in [0, 0.05) is 13.1 Å². The topological polar surface area (TPSA) is 56.1 Å². The SMILES string of the molecule is C[C@H]1CN(Cc2nnnn2-c2ccccc2)C[C@H](C)O1. The summed E-state index contributed by atoms with van der Waals surface area (Å²) in [5.41, 5.74) is 0.988. The highest BCUT2D eigenvalue weighted by atomic mass is 16.5. The van der Waals surface area contributed by atoms with Gasteiger partial charge in [0.1, 0.15) is 0 Å². The molecule has 2 atom stereocenters. The lowest BCUT2D eigenvalue weighted by Gasteiger charge is -2.34. The lowest BCUT2D eigenvalue weighted by Crippen LogP contribution is -2.45. The number of benzene rings is 1. The number of aromatic nitrogens is 4. The Kier molecular flexibility index (Phi) is 3.75. The molecule has 0 radical (unpaired) electrons. The average Bonchev–Trinajstić information content (AvgIpc) is 2.86. The largest absolute Gasteiger partial charge is 0.373 e. The molecule has 106 valence electrons. The third-order valence-electron chi connectivity index (χ3n) is 3.40. The summed E-state index contributed by atoms with van der Waals surface area (Å²) in [7, 11) is 0. The first-order chi connectivity index (χ1) is 9.72. The van der Waals surface area contributed by atoms with E-state index in [9.17, 15) is 0 Å². The molecule has 6 heteroatoms. The molecule has 6 nitrogen and oxygen atoms in total. The van der Waals surface area contributed by atoms with Gasteiger partial charge in [-0.05, 0) is 36.4 Å². The van der Waals surface area contributed by atoms with E-state index in [1.165, 1.54) is 0 Å². The molecule has 2 heterocycles. The third kappa shape index (κ3) is 2.86. The van der Waals surface area contributed by atoms with Crippen LogP contribution < -0.4 is 0 Å². The lowest BCUT2D eigenvalue weighted by atomic mass is 10.2. The van der Waals surface area contributed by atoms with E-state index in [0.29, 0.717) is 0 Å². The molecule has 0 aliphatic carbocycles. The van der Waals surface area contributed by atoms with E-state index in [2.05, 4.69) is 34.3 Å². The van der Waals surface area contributed by atoms with Crippen LogP contribution in [0.15, 0.2) is 30.3 Å². The van der Waals surface area contributed by atoms with Crippen LogP contribution in [0.3, 0.4) is 0 Å². The van der Waals surface area contributed by atoms with Crippen LogP contribution >= 0.6 is 0 Å². The fraction of sp³-hybridized carbons (Fsp3) is 0.500. The van der Waals surface area contributed by atoms with Crippen LogP contribution in [0.5, 0.6) is 0 Å². The van der Waals surface area contributed by atoms with Crippen molar-refractivity contribution in [1.29, 1.82) is 0 Å². The number of hydrogen-bond acceptors (Lipinski definition) is 5. The molecule has 1 aromatic heterocycles. The predicted molar refractivity (Wildman–Crippen MR) is 74.4 cm³/mol. The molecular weight excluding hydrogens is 254 g/mol. The molecule has 0 bridgehead atoms. The maximum absolute atomic E-state index is 5.75. The Morgan fingerprint density at radius 2 is 1.85 bits per heavy atom. The molecule has 1 aliphatic rings. The van der Waals surface area contributed by atoms with Gasteiger partial charge in [0.2, 0.25) is 0 Å². The Morgan fingerprint density at radius 3 is 2.55 bits per heavy atom. The zero-order valence-corrected chi connectivity index (χ0v) is 11.8. The van der Waals surface area contributed by atoms with E-state index in [-0.39, 0.29) is 12.2 Å². The van der Waals surface area contributed by atoms with E-state index < -0.39 is 0 Å². The van der Waals surface area contributed by atoms with E-state index >= 15 is 0 Å². The van der Waals surface area contributed by atoms with Gasteiger partial charge in [0.25, 0.3) is 0 Å². The molecule has 20 heavy (non-hydrogen) atoms. The summed E-state index contributed by atoms with van der Waals surface area (Å²) in [5, 5.41) is 12.1. The number of morpholine rings is 1. The van der Waals surface area contributed by atoms with Crippen molar-refractivity contribution in [2.75, 3.05) is 13.1 Å². The van der Waals surface area contributed by atoms with Crippen molar-refractivity contribution >= 4 is 0 Å². The second kappa shape index (κ2) is 5.68. The summed E-state index contributed by atoms with van der Waals surface area (Å²) < 4.78 is 7.55. The van der Waals surface area contributed by atoms with Crippen molar-refractivity contribution in [3.63, 3.8) is 0 Å². The van der Waals surface area contributed by atoms with Crippen LogP contribution in [0.4, 0.5) is 0 Å². The fourth-order valence-corrected chi connectivity index (χ4v) is 2.69. The van der Waals surface area contributed by atoms with Gasteiger partial charge in [-0.25, -0.2) is 0 Å². The number of hydrogen-bond donors (Lipinski definition) is 0. The molecule has 0 N–H and O–H groups in total. The van der Waals surface area contributed by atoms with Gasteiger partial charge in [0.05, 0.1) is 24.4 Å². The van der Waals surface area contributed by atoms with Gasteiger partial charge in [-0.1, -0.05) is 18.2 Å². The fourth-order valence-electron chi connectivity index (χ4n) is 2.69. The van der Waals surface area contributed by atoms with Crippen molar-refractivity contribution in [2.24, 2.45) is 0 Å². The summed E-state index contributed by atoms with van der Waals surface area (Å²) in [6, 6.07) is 9.97. The average molecular weight is 273 g/mol. The molecule has 1 saturated heterocycles. The number of nitrogens with zero attached hydrogens (tertiary/aromatic N) is 5. The zero-order valence-electron chi connectivity index (χ0n) is 11.8. The predicted octanol–water partition coefficient (Wildman–Crippen LogP) is 1.27. The Balaban J connectivity index is 1.77. The van der Waals surface area contributed by atoms with E-state index in [0.717, 1.165) is 31.1 Å². The highest BCUT2D eigenvalue weighted by Crippen LogP contribution is 2.14. The van der Waals surface area contributed by atoms with Gasteiger partial charge in [0.15, 0.2) is 5.82 Å². The molecule has 1 aromatic carbocycles. The van der Waals surface area contributed by atoms with Crippen molar-refractivity contribution in [1.82, 2.24) is 25.1 Å². The Labute approximate surface area is 118 Å². The summed E-state index contributed by atoms with van der Waals surface area (Å²) in [4.78, 5) is 2.34. The number of para-hydroxylation sites is 1. The monoisotopic (exact) mass is 273 g/mol. The van der Waals surface area contributed by atoms with Crippen molar-refractivity contribution in [3.05, 3.63) is 36.2 Å². The molecule has 0 amide bonds. The molecule has 0 spiro atoms. The molecule has 3 rings (SSSR count). The smallest absolute Gasteiger partial charge is 0.170 e. The van der Waals surface area contributed by atoms with Gasteiger partial charge in [-0.3, -0.25) is 4.90 Å². The maximum atomic E-state index is 5.75. The molecule has 0 unspecified atom stereocenters. The summed E-state index contributed by atoms with van der Waals surface area (Å²) in [6.45, 7) is 6.75. The second-order valence-corrected chi connectivity index (χ2v) is 5.29. The van der Waals surface area contributed by atoms with Crippen LogP contribution in [0.1, 0.15) is 19.7 Å². The Morgan fingerprint density at radius 1 is 1.15 bits per heavy atom. The van der Waals surface area contributed by atoms with Gasteiger partial charge >= 0.3 is 0 Å². The van der Waals surface area contributed by atoms with E-state index in [4.69, 9.17) is 4.74 Å². The third-order valence-corrected chi connectivity index (χ3v) is 3.40. The normalized spacial score (nSPS) is 23.9. The van der Waals surface area contributed by atoms with Gasteiger partial charge in [-0.2, -0.15) is 4.68 Å². The summed E-state index contributed by atoms with van der Waals surface area (Å²) >= 11 is 0. The number of tetrazole rings is 1. The lowest BCUT2D eigenvalue weighted by molar-refractivity contribution is -0.0712. The van der Waals surface area contributed by atoms with E-state index in [1.54, 1.807) is 4.68 Å².